The first-order valence-electron chi connectivity index (χ1n) is 4.99. The van der Waals surface area contributed by atoms with E-state index in [0.717, 1.165) is 5.56 Å². The van der Waals surface area contributed by atoms with E-state index in [-0.39, 0.29) is 0 Å². The first-order chi connectivity index (χ1) is 8.16. The fourth-order valence-electron chi connectivity index (χ4n) is 1.44. The molecule has 0 fully saturated rings. The summed E-state index contributed by atoms with van der Waals surface area (Å²) in [5, 5.41) is 0.546. The normalized spacial score (nSPS) is 12.3. The number of nitrogens with two attached hydrogens (primary N) is 1. The maximum atomic E-state index is 12.1. The summed E-state index contributed by atoms with van der Waals surface area (Å²) in [6, 6.07) is 8.70. The predicted molar refractivity (Wildman–Crippen MR) is 70.2 cm³/mol. The van der Waals surface area contributed by atoms with Gasteiger partial charge in [-0.1, -0.05) is 17.7 Å². The Bertz CT molecular complexity index is 545. The van der Waals surface area contributed by atoms with E-state index < -0.39 is 10.8 Å². The molecule has 1 aromatic heterocycles. The SMILES string of the molecule is Nc1cc(Cl)ccc1S(=O)Cc1cccnc1. The summed E-state index contributed by atoms with van der Waals surface area (Å²) in [6.07, 6.45) is 3.38. The van der Waals surface area contributed by atoms with Crippen LogP contribution in [0.15, 0.2) is 47.6 Å². The molecule has 0 saturated heterocycles. The lowest BCUT2D eigenvalue weighted by Crippen LogP contribution is -2.01. The molecule has 2 N–H and O–H groups in total. The van der Waals surface area contributed by atoms with Gasteiger partial charge < -0.3 is 5.73 Å². The third-order valence-corrected chi connectivity index (χ3v) is 3.93. The van der Waals surface area contributed by atoms with Gasteiger partial charge in [0.15, 0.2) is 0 Å². The maximum absolute atomic E-state index is 12.1. The molecule has 2 aromatic rings. The Labute approximate surface area is 107 Å². The van der Waals surface area contributed by atoms with Crippen LogP contribution in [0.2, 0.25) is 5.02 Å². The van der Waals surface area contributed by atoms with Crippen molar-refractivity contribution in [2.45, 2.75) is 10.6 Å². The number of nitrogen functional groups attached to an aromatic ring is 1. The molecule has 2 rings (SSSR count). The van der Waals surface area contributed by atoms with Crippen LogP contribution >= 0.6 is 11.6 Å². The number of pyridine rings is 1. The molecule has 1 unspecified atom stereocenters. The number of anilines is 1. The van der Waals surface area contributed by atoms with E-state index in [1.807, 2.05) is 12.1 Å². The van der Waals surface area contributed by atoms with Crippen LogP contribution in [0.25, 0.3) is 0 Å². The number of hydrogen-bond donors (Lipinski definition) is 1. The topological polar surface area (TPSA) is 56.0 Å². The van der Waals surface area contributed by atoms with E-state index >= 15 is 0 Å². The van der Waals surface area contributed by atoms with Gasteiger partial charge in [-0.05, 0) is 29.8 Å². The Hall–Kier alpha value is -1.39. The summed E-state index contributed by atoms with van der Waals surface area (Å²) in [7, 11) is -1.18. The predicted octanol–water partition coefficient (Wildman–Crippen LogP) is 2.63. The maximum Gasteiger partial charge on any atom is 0.0621 e. The molecule has 1 atom stereocenters. The Kier molecular flexibility index (Phi) is 3.76. The Morgan fingerprint density at radius 1 is 1.35 bits per heavy atom. The number of aromatic nitrogens is 1. The van der Waals surface area contributed by atoms with Crippen LogP contribution in [0.3, 0.4) is 0 Å². The highest BCUT2D eigenvalue weighted by atomic mass is 35.5. The molecule has 0 saturated carbocycles. The van der Waals surface area contributed by atoms with E-state index in [4.69, 9.17) is 17.3 Å². The lowest BCUT2D eigenvalue weighted by Gasteiger charge is -2.06. The van der Waals surface area contributed by atoms with E-state index in [1.165, 1.54) is 0 Å². The van der Waals surface area contributed by atoms with Crippen LogP contribution in [0.5, 0.6) is 0 Å². The third-order valence-electron chi connectivity index (χ3n) is 2.24. The number of rotatable bonds is 3. The Morgan fingerprint density at radius 2 is 2.18 bits per heavy atom. The average molecular weight is 267 g/mol. The monoisotopic (exact) mass is 266 g/mol. The molecule has 0 spiro atoms. The standard InChI is InChI=1S/C12H11ClN2OS/c13-10-3-4-12(11(14)6-10)17(16)8-9-2-1-5-15-7-9/h1-7H,8,14H2. The minimum absolute atomic E-state index is 0.402. The zero-order valence-corrected chi connectivity index (χ0v) is 10.5. The molecule has 0 aliphatic heterocycles. The summed E-state index contributed by atoms with van der Waals surface area (Å²) >= 11 is 5.79. The van der Waals surface area contributed by atoms with Gasteiger partial charge in [-0.15, -0.1) is 0 Å². The molecule has 0 aliphatic carbocycles. The van der Waals surface area contributed by atoms with Crippen LogP contribution < -0.4 is 5.73 Å². The van der Waals surface area contributed by atoms with Crippen molar-refractivity contribution in [3.8, 4) is 0 Å². The van der Waals surface area contributed by atoms with Gasteiger partial charge in [-0.25, -0.2) is 0 Å². The fourth-order valence-corrected chi connectivity index (χ4v) is 2.79. The zero-order valence-electron chi connectivity index (χ0n) is 8.97. The molecule has 17 heavy (non-hydrogen) atoms. The van der Waals surface area contributed by atoms with Crippen LogP contribution in [-0.2, 0) is 16.6 Å². The molecule has 88 valence electrons. The minimum atomic E-state index is -1.18. The smallest absolute Gasteiger partial charge is 0.0621 e. The van der Waals surface area contributed by atoms with Gasteiger partial charge in [0.05, 0.1) is 21.4 Å². The van der Waals surface area contributed by atoms with E-state index in [1.54, 1.807) is 30.6 Å². The van der Waals surface area contributed by atoms with Crippen LogP contribution in [0.1, 0.15) is 5.56 Å². The molecule has 1 aromatic carbocycles. The minimum Gasteiger partial charge on any atom is -0.398 e. The largest absolute Gasteiger partial charge is 0.398 e. The Morgan fingerprint density at radius 3 is 2.82 bits per heavy atom. The highest BCUT2D eigenvalue weighted by Gasteiger charge is 2.09. The molecular formula is C12H11ClN2OS. The number of nitrogens with zero attached hydrogens (tertiary/aromatic N) is 1. The second kappa shape index (κ2) is 5.29. The lowest BCUT2D eigenvalue weighted by atomic mass is 10.3. The number of benzene rings is 1. The second-order valence-electron chi connectivity index (χ2n) is 3.53. The van der Waals surface area contributed by atoms with Gasteiger partial charge in [-0.2, -0.15) is 0 Å². The van der Waals surface area contributed by atoms with Crippen LogP contribution in [0, 0.1) is 0 Å². The second-order valence-corrected chi connectivity index (χ2v) is 5.39. The molecule has 0 amide bonds. The first-order valence-corrected chi connectivity index (χ1v) is 6.69. The summed E-state index contributed by atoms with van der Waals surface area (Å²) in [5.41, 5.74) is 7.16. The third kappa shape index (κ3) is 3.05. The van der Waals surface area contributed by atoms with Crippen LogP contribution in [-0.4, -0.2) is 9.19 Å². The van der Waals surface area contributed by atoms with Crippen molar-refractivity contribution in [1.29, 1.82) is 0 Å². The van der Waals surface area contributed by atoms with Crippen molar-refractivity contribution in [3.63, 3.8) is 0 Å². The highest BCUT2D eigenvalue weighted by molar-refractivity contribution is 7.84. The fraction of sp³-hybridized carbons (Fsp3) is 0.0833. The zero-order chi connectivity index (χ0) is 12.3. The molecular weight excluding hydrogens is 256 g/mol. The summed E-state index contributed by atoms with van der Waals surface area (Å²) in [5.74, 6) is 0.402. The van der Waals surface area contributed by atoms with Crippen molar-refractivity contribution in [2.75, 3.05) is 5.73 Å². The van der Waals surface area contributed by atoms with Gasteiger partial charge in [0.2, 0.25) is 0 Å². The van der Waals surface area contributed by atoms with Crippen molar-refractivity contribution >= 4 is 28.1 Å². The first kappa shape index (κ1) is 12.1. The van der Waals surface area contributed by atoms with Gasteiger partial charge in [-0.3, -0.25) is 9.19 Å². The van der Waals surface area contributed by atoms with Gasteiger partial charge in [0.1, 0.15) is 0 Å². The molecule has 5 heteroatoms. The molecule has 0 aliphatic rings. The number of hydrogen-bond acceptors (Lipinski definition) is 3. The number of halogens is 1. The van der Waals surface area contributed by atoms with Crippen molar-refractivity contribution < 1.29 is 4.21 Å². The van der Waals surface area contributed by atoms with Crippen molar-refractivity contribution in [3.05, 3.63) is 53.3 Å². The summed E-state index contributed by atoms with van der Waals surface area (Å²) in [6.45, 7) is 0. The van der Waals surface area contributed by atoms with Crippen LogP contribution in [0.4, 0.5) is 5.69 Å². The quantitative estimate of drug-likeness (QED) is 0.869. The summed E-state index contributed by atoms with van der Waals surface area (Å²) in [4.78, 5) is 4.59. The van der Waals surface area contributed by atoms with Gasteiger partial charge in [0, 0.05) is 23.1 Å². The van der Waals surface area contributed by atoms with E-state index in [9.17, 15) is 4.21 Å². The molecule has 3 nitrogen and oxygen atoms in total. The molecule has 1 heterocycles. The Balaban J connectivity index is 2.21. The van der Waals surface area contributed by atoms with E-state index in [0.29, 0.717) is 21.4 Å². The molecule has 0 radical (unpaired) electrons. The summed E-state index contributed by atoms with van der Waals surface area (Å²) < 4.78 is 12.1. The van der Waals surface area contributed by atoms with Crippen molar-refractivity contribution in [1.82, 2.24) is 4.98 Å². The van der Waals surface area contributed by atoms with E-state index in [2.05, 4.69) is 4.98 Å². The van der Waals surface area contributed by atoms with Gasteiger partial charge >= 0.3 is 0 Å². The average Bonchev–Trinajstić information content (AvgIpc) is 2.30. The lowest BCUT2D eigenvalue weighted by molar-refractivity contribution is 0.683. The van der Waals surface area contributed by atoms with Crippen molar-refractivity contribution in [2.24, 2.45) is 0 Å². The van der Waals surface area contributed by atoms with Gasteiger partial charge in [0.25, 0.3) is 0 Å². The molecule has 0 bridgehead atoms. The highest BCUT2D eigenvalue weighted by Crippen LogP contribution is 2.22.